The second kappa shape index (κ2) is 8.09. The number of rotatable bonds is 4. The molecule has 2 aromatic carbocycles. The maximum Gasteiger partial charge on any atom is 0.225 e. The van der Waals surface area contributed by atoms with Gasteiger partial charge in [0.1, 0.15) is 5.75 Å². The second-order valence-corrected chi connectivity index (χ2v) is 7.97. The number of hydrogen-bond acceptors (Lipinski definition) is 3. The van der Waals surface area contributed by atoms with Gasteiger partial charge in [-0.05, 0) is 38.1 Å². The van der Waals surface area contributed by atoms with E-state index in [0.29, 0.717) is 16.7 Å². The van der Waals surface area contributed by atoms with Crippen LogP contribution in [0.5, 0.6) is 5.75 Å². The van der Waals surface area contributed by atoms with Crippen LogP contribution in [0, 0.1) is 13.8 Å². The van der Waals surface area contributed by atoms with Crippen molar-refractivity contribution >= 4 is 29.1 Å². The molecule has 2 heterocycles. The lowest BCUT2D eigenvalue weighted by molar-refractivity contribution is -0.121. The minimum Gasteiger partial charge on any atom is -0.493 e. The first-order valence-electron chi connectivity index (χ1n) is 9.45. The van der Waals surface area contributed by atoms with E-state index in [1.165, 1.54) is 0 Å². The molecule has 1 N–H and O–H groups in total. The van der Waals surface area contributed by atoms with Crippen LogP contribution in [0.2, 0.25) is 10.0 Å². The Bertz CT molecular complexity index is 1080. The molecule has 1 unspecified atom stereocenters. The highest BCUT2D eigenvalue weighted by Gasteiger charge is 2.24. The molecule has 0 fully saturated rings. The monoisotopic (exact) mass is 429 g/mol. The van der Waals surface area contributed by atoms with Gasteiger partial charge >= 0.3 is 0 Å². The summed E-state index contributed by atoms with van der Waals surface area (Å²) in [7, 11) is 0. The fourth-order valence-electron chi connectivity index (χ4n) is 3.72. The van der Waals surface area contributed by atoms with E-state index < -0.39 is 0 Å². The summed E-state index contributed by atoms with van der Waals surface area (Å²) >= 11 is 12.3. The van der Waals surface area contributed by atoms with Gasteiger partial charge in [-0.25, -0.2) is 4.68 Å². The van der Waals surface area contributed by atoms with Crippen molar-refractivity contribution in [3.8, 4) is 11.4 Å². The molecule has 1 aromatic heterocycles. The van der Waals surface area contributed by atoms with Crippen LogP contribution in [0.15, 0.2) is 42.5 Å². The lowest BCUT2D eigenvalue weighted by atomic mass is 10.00. The third-order valence-electron chi connectivity index (χ3n) is 5.21. The van der Waals surface area contributed by atoms with E-state index in [9.17, 15) is 4.79 Å². The normalized spacial score (nSPS) is 15.5. The van der Waals surface area contributed by atoms with Crippen LogP contribution >= 0.6 is 23.2 Å². The molecule has 1 aliphatic heterocycles. The van der Waals surface area contributed by atoms with Crippen molar-refractivity contribution in [1.82, 2.24) is 15.1 Å². The summed E-state index contributed by atoms with van der Waals surface area (Å²) in [6.07, 6.45) is 1.00. The van der Waals surface area contributed by atoms with Gasteiger partial charge in [0, 0.05) is 28.3 Å². The Kier molecular flexibility index (Phi) is 5.52. The van der Waals surface area contributed by atoms with Crippen LogP contribution in [-0.4, -0.2) is 22.3 Å². The van der Waals surface area contributed by atoms with Crippen LogP contribution < -0.4 is 10.1 Å². The van der Waals surface area contributed by atoms with Crippen molar-refractivity contribution in [2.24, 2.45) is 0 Å². The molecule has 0 bridgehead atoms. The lowest BCUT2D eigenvalue weighted by Gasteiger charge is -2.26. The van der Waals surface area contributed by atoms with E-state index >= 15 is 0 Å². The van der Waals surface area contributed by atoms with Gasteiger partial charge in [-0.15, -0.1) is 0 Å². The Morgan fingerprint density at radius 3 is 2.83 bits per heavy atom. The number of aryl methyl sites for hydroxylation is 1. The highest BCUT2D eigenvalue weighted by atomic mass is 35.5. The Morgan fingerprint density at radius 2 is 2.03 bits per heavy atom. The predicted octanol–water partition coefficient (Wildman–Crippen LogP) is 4.98. The number of halogens is 2. The molecule has 1 atom stereocenters. The molecule has 4 rings (SSSR count). The highest BCUT2D eigenvalue weighted by molar-refractivity contribution is 6.35. The average Bonchev–Trinajstić information content (AvgIpc) is 2.96. The molecule has 3 aromatic rings. The zero-order valence-corrected chi connectivity index (χ0v) is 17.7. The molecule has 7 heteroatoms. The highest BCUT2D eigenvalue weighted by Crippen LogP contribution is 2.32. The third-order valence-corrected chi connectivity index (χ3v) is 5.75. The summed E-state index contributed by atoms with van der Waals surface area (Å²) in [6, 6.07) is 13.1. The molecule has 0 aliphatic carbocycles. The first-order valence-corrected chi connectivity index (χ1v) is 10.2. The Morgan fingerprint density at radius 1 is 1.24 bits per heavy atom. The summed E-state index contributed by atoms with van der Waals surface area (Å²) in [6.45, 7) is 4.43. The molecule has 0 radical (unpaired) electrons. The molecule has 1 aliphatic rings. The summed E-state index contributed by atoms with van der Waals surface area (Å²) < 4.78 is 7.44. The number of aromatic nitrogens is 2. The standard InChI is InChI=1S/C22H21Cl2N3O2/c1-13-17(14(2)27(26-13)20-8-7-15(23)11-18(20)24)12-22(28)25-19-9-10-29-21-6-4-3-5-16(19)21/h3-8,11,19H,9-10,12H2,1-2H3,(H,25,28). The maximum atomic E-state index is 12.8. The van der Waals surface area contributed by atoms with E-state index in [2.05, 4.69) is 10.4 Å². The molecule has 29 heavy (non-hydrogen) atoms. The number of benzene rings is 2. The smallest absolute Gasteiger partial charge is 0.225 e. The fourth-order valence-corrected chi connectivity index (χ4v) is 4.20. The number of ether oxygens (including phenoxy) is 1. The number of nitrogens with one attached hydrogen (secondary N) is 1. The molecule has 0 saturated carbocycles. The van der Waals surface area contributed by atoms with Crippen LogP contribution in [0.3, 0.4) is 0 Å². The summed E-state index contributed by atoms with van der Waals surface area (Å²) in [5.41, 5.74) is 4.34. The van der Waals surface area contributed by atoms with Crippen LogP contribution in [-0.2, 0) is 11.2 Å². The van der Waals surface area contributed by atoms with E-state index in [-0.39, 0.29) is 18.4 Å². The number of hydrogen-bond donors (Lipinski definition) is 1. The molecule has 150 valence electrons. The van der Waals surface area contributed by atoms with E-state index in [1.54, 1.807) is 16.8 Å². The maximum absolute atomic E-state index is 12.8. The predicted molar refractivity (Wildman–Crippen MR) is 114 cm³/mol. The summed E-state index contributed by atoms with van der Waals surface area (Å²) in [5.74, 6) is 0.793. The van der Waals surface area contributed by atoms with E-state index in [0.717, 1.165) is 40.4 Å². The van der Waals surface area contributed by atoms with Crippen LogP contribution in [0.1, 0.15) is 35.0 Å². The van der Waals surface area contributed by atoms with Crippen molar-refractivity contribution < 1.29 is 9.53 Å². The topological polar surface area (TPSA) is 56.2 Å². The van der Waals surface area contributed by atoms with Gasteiger partial charge in [0.15, 0.2) is 0 Å². The molecular weight excluding hydrogens is 409 g/mol. The summed E-state index contributed by atoms with van der Waals surface area (Å²) in [5, 5.41) is 8.82. The molecule has 0 spiro atoms. The second-order valence-electron chi connectivity index (χ2n) is 7.13. The lowest BCUT2D eigenvalue weighted by Crippen LogP contribution is -2.33. The number of nitrogens with zero attached hydrogens (tertiary/aromatic N) is 2. The van der Waals surface area contributed by atoms with Crippen molar-refractivity contribution in [1.29, 1.82) is 0 Å². The first-order chi connectivity index (χ1) is 13.9. The number of amides is 1. The van der Waals surface area contributed by atoms with Crippen molar-refractivity contribution in [3.05, 3.63) is 75.0 Å². The molecule has 5 nitrogen and oxygen atoms in total. The zero-order chi connectivity index (χ0) is 20.5. The van der Waals surface area contributed by atoms with Gasteiger partial charge in [0.2, 0.25) is 5.91 Å². The molecule has 1 amide bonds. The zero-order valence-electron chi connectivity index (χ0n) is 16.2. The average molecular weight is 430 g/mol. The number of fused-ring (bicyclic) bond motifs is 1. The Hall–Kier alpha value is -2.50. The quantitative estimate of drug-likeness (QED) is 0.636. The number of carbonyl (C=O) groups is 1. The minimum atomic E-state index is -0.0474. The van der Waals surface area contributed by atoms with Crippen molar-refractivity contribution in [2.45, 2.75) is 32.7 Å². The number of para-hydroxylation sites is 1. The third kappa shape index (κ3) is 3.98. The van der Waals surface area contributed by atoms with Gasteiger partial charge in [-0.2, -0.15) is 5.10 Å². The Balaban J connectivity index is 1.55. The Labute approximate surface area is 179 Å². The van der Waals surface area contributed by atoms with Gasteiger partial charge in [-0.1, -0.05) is 41.4 Å². The molecular formula is C22H21Cl2N3O2. The SMILES string of the molecule is Cc1nn(-c2ccc(Cl)cc2Cl)c(C)c1CC(=O)NC1CCOc2ccccc21. The number of carbonyl (C=O) groups excluding carboxylic acids is 1. The van der Waals surface area contributed by atoms with E-state index in [4.69, 9.17) is 27.9 Å². The van der Waals surface area contributed by atoms with Crippen molar-refractivity contribution in [2.75, 3.05) is 6.61 Å². The van der Waals surface area contributed by atoms with Crippen LogP contribution in [0.25, 0.3) is 5.69 Å². The van der Waals surface area contributed by atoms with E-state index in [1.807, 2.05) is 44.2 Å². The minimum absolute atomic E-state index is 0.0420. The van der Waals surface area contributed by atoms with Gasteiger partial charge in [-0.3, -0.25) is 4.79 Å². The fraction of sp³-hybridized carbons (Fsp3) is 0.273. The molecule has 0 saturated heterocycles. The van der Waals surface area contributed by atoms with Gasteiger partial charge < -0.3 is 10.1 Å². The van der Waals surface area contributed by atoms with Gasteiger partial charge in [0.05, 0.1) is 35.5 Å². The van der Waals surface area contributed by atoms with Crippen molar-refractivity contribution in [3.63, 3.8) is 0 Å². The van der Waals surface area contributed by atoms with Gasteiger partial charge in [0.25, 0.3) is 0 Å². The summed E-state index contributed by atoms with van der Waals surface area (Å²) in [4.78, 5) is 12.8. The van der Waals surface area contributed by atoms with Crippen LogP contribution in [0.4, 0.5) is 0 Å². The first kappa shape index (κ1) is 19.8. The largest absolute Gasteiger partial charge is 0.493 e.